The molecule has 0 spiro atoms. The van der Waals surface area contributed by atoms with Gasteiger partial charge in [0.15, 0.2) is 12.3 Å². The Morgan fingerprint density at radius 1 is 1.06 bits per heavy atom. The minimum Gasteiger partial charge on any atom is -0.452 e. The van der Waals surface area contributed by atoms with Gasteiger partial charge in [0.05, 0.1) is 11.3 Å². The molecule has 0 atom stereocenters. The molecule has 4 rings (SSSR count). The number of para-hydroxylation sites is 1. The second-order valence-corrected chi connectivity index (χ2v) is 8.28. The largest absolute Gasteiger partial charge is 0.452 e. The SMILES string of the molecule is Cc1nn(C)c2ncc(C(=O)OCC(=O)N(c3ccc(Nc4ccccc4)cc3)C(C)C)cc12. The van der Waals surface area contributed by atoms with Crippen LogP contribution in [0.5, 0.6) is 0 Å². The highest BCUT2D eigenvalue weighted by Crippen LogP contribution is 2.23. The van der Waals surface area contributed by atoms with Gasteiger partial charge in [0, 0.05) is 41.7 Å². The molecule has 2 heterocycles. The van der Waals surface area contributed by atoms with E-state index in [1.165, 1.54) is 6.20 Å². The quantitative estimate of drug-likeness (QED) is 0.408. The lowest BCUT2D eigenvalue weighted by atomic mass is 10.2. The maximum Gasteiger partial charge on any atom is 0.340 e. The molecular formula is C26H27N5O3. The van der Waals surface area contributed by atoms with Crippen LogP contribution in [0.25, 0.3) is 11.0 Å². The number of hydrogen-bond donors (Lipinski definition) is 1. The number of anilines is 3. The number of benzene rings is 2. The monoisotopic (exact) mass is 457 g/mol. The van der Waals surface area contributed by atoms with Crippen molar-refractivity contribution in [2.75, 3.05) is 16.8 Å². The zero-order valence-electron chi connectivity index (χ0n) is 19.6. The molecular weight excluding hydrogens is 430 g/mol. The molecule has 0 aliphatic carbocycles. The smallest absolute Gasteiger partial charge is 0.340 e. The van der Waals surface area contributed by atoms with E-state index in [-0.39, 0.29) is 24.1 Å². The Balaban J connectivity index is 1.43. The maximum absolute atomic E-state index is 13.0. The highest BCUT2D eigenvalue weighted by Gasteiger charge is 2.21. The maximum atomic E-state index is 13.0. The standard InChI is InChI=1S/C26H27N5O3/c1-17(2)31(22-12-10-21(11-13-22)28-20-8-6-5-7-9-20)24(32)16-34-26(33)19-14-23-18(3)29-30(4)25(23)27-15-19/h5-15,17,28H,16H2,1-4H3. The number of carbonyl (C=O) groups is 2. The van der Waals surface area contributed by atoms with E-state index in [1.807, 2.05) is 75.4 Å². The summed E-state index contributed by atoms with van der Waals surface area (Å²) in [5.74, 6) is -0.907. The molecule has 1 amide bonds. The van der Waals surface area contributed by atoms with Crippen LogP contribution in [-0.2, 0) is 16.6 Å². The van der Waals surface area contributed by atoms with Crippen LogP contribution >= 0.6 is 0 Å². The number of rotatable bonds is 7. The topological polar surface area (TPSA) is 89.4 Å². The summed E-state index contributed by atoms with van der Waals surface area (Å²) in [7, 11) is 1.80. The van der Waals surface area contributed by atoms with Crippen LogP contribution in [0.2, 0.25) is 0 Å². The fourth-order valence-electron chi connectivity index (χ4n) is 3.82. The van der Waals surface area contributed by atoms with E-state index in [9.17, 15) is 9.59 Å². The van der Waals surface area contributed by atoms with Crippen molar-refractivity contribution in [1.82, 2.24) is 14.8 Å². The lowest BCUT2D eigenvalue weighted by Gasteiger charge is -2.27. The minimum absolute atomic E-state index is 0.116. The third-order valence-corrected chi connectivity index (χ3v) is 5.42. The summed E-state index contributed by atoms with van der Waals surface area (Å²) in [5.41, 5.74) is 4.35. The molecule has 8 heteroatoms. The Morgan fingerprint density at radius 2 is 1.74 bits per heavy atom. The molecule has 2 aromatic carbocycles. The van der Waals surface area contributed by atoms with Gasteiger partial charge in [-0.2, -0.15) is 5.10 Å². The molecule has 174 valence electrons. The number of aryl methyl sites for hydroxylation is 2. The van der Waals surface area contributed by atoms with Crippen molar-refractivity contribution in [1.29, 1.82) is 0 Å². The lowest BCUT2D eigenvalue weighted by Crippen LogP contribution is -2.39. The van der Waals surface area contributed by atoms with Crippen molar-refractivity contribution in [2.24, 2.45) is 7.05 Å². The lowest BCUT2D eigenvalue weighted by molar-refractivity contribution is -0.122. The predicted octanol–water partition coefficient (Wildman–Crippen LogP) is 4.62. The summed E-state index contributed by atoms with van der Waals surface area (Å²) in [6.07, 6.45) is 1.44. The van der Waals surface area contributed by atoms with Gasteiger partial charge in [-0.15, -0.1) is 0 Å². The zero-order chi connectivity index (χ0) is 24.2. The van der Waals surface area contributed by atoms with E-state index >= 15 is 0 Å². The molecule has 1 N–H and O–H groups in total. The average Bonchev–Trinajstić information content (AvgIpc) is 3.12. The number of amides is 1. The molecule has 8 nitrogen and oxygen atoms in total. The Hall–Kier alpha value is -4.20. The van der Waals surface area contributed by atoms with Gasteiger partial charge in [-0.25, -0.2) is 9.78 Å². The molecule has 0 saturated heterocycles. The fraction of sp³-hybridized carbons (Fsp3) is 0.231. The molecule has 2 aromatic heterocycles. The molecule has 0 aliphatic rings. The van der Waals surface area contributed by atoms with Crippen LogP contribution in [-0.4, -0.2) is 39.3 Å². The molecule has 34 heavy (non-hydrogen) atoms. The molecule has 0 radical (unpaired) electrons. The first kappa shape index (κ1) is 23.0. The number of pyridine rings is 1. The van der Waals surface area contributed by atoms with Crippen molar-refractivity contribution >= 4 is 40.0 Å². The van der Waals surface area contributed by atoms with Crippen molar-refractivity contribution in [3.8, 4) is 0 Å². The van der Waals surface area contributed by atoms with E-state index in [0.29, 0.717) is 5.65 Å². The van der Waals surface area contributed by atoms with E-state index in [1.54, 1.807) is 22.7 Å². The number of aromatic nitrogens is 3. The van der Waals surface area contributed by atoms with Crippen LogP contribution < -0.4 is 10.2 Å². The minimum atomic E-state index is -0.600. The van der Waals surface area contributed by atoms with Crippen LogP contribution in [0.3, 0.4) is 0 Å². The molecule has 0 aliphatic heterocycles. The van der Waals surface area contributed by atoms with E-state index in [2.05, 4.69) is 15.4 Å². The Kier molecular flexibility index (Phi) is 6.58. The Labute approximate surface area is 198 Å². The second kappa shape index (κ2) is 9.74. The summed E-state index contributed by atoms with van der Waals surface area (Å²) in [5, 5.41) is 8.40. The summed E-state index contributed by atoms with van der Waals surface area (Å²) in [4.78, 5) is 31.5. The summed E-state index contributed by atoms with van der Waals surface area (Å²) in [6, 6.07) is 19.0. The number of esters is 1. The summed E-state index contributed by atoms with van der Waals surface area (Å²) in [6.45, 7) is 5.31. The Morgan fingerprint density at radius 3 is 2.41 bits per heavy atom. The van der Waals surface area contributed by atoms with Gasteiger partial charge in [-0.3, -0.25) is 9.48 Å². The van der Waals surface area contributed by atoms with E-state index in [0.717, 1.165) is 28.1 Å². The number of hydrogen-bond acceptors (Lipinski definition) is 6. The van der Waals surface area contributed by atoms with Gasteiger partial charge in [0.1, 0.15) is 0 Å². The molecule has 4 aromatic rings. The first-order chi connectivity index (χ1) is 16.3. The van der Waals surface area contributed by atoms with Gasteiger partial charge in [0.2, 0.25) is 0 Å². The highest BCUT2D eigenvalue weighted by molar-refractivity contribution is 5.98. The molecule has 0 unspecified atom stereocenters. The number of nitrogens with zero attached hydrogens (tertiary/aromatic N) is 4. The van der Waals surface area contributed by atoms with Crippen molar-refractivity contribution in [2.45, 2.75) is 26.8 Å². The number of nitrogens with one attached hydrogen (secondary N) is 1. The fourth-order valence-corrected chi connectivity index (χ4v) is 3.82. The molecule has 0 bridgehead atoms. The number of carbonyl (C=O) groups excluding carboxylic acids is 2. The van der Waals surface area contributed by atoms with Crippen molar-refractivity contribution in [3.05, 3.63) is 78.1 Å². The van der Waals surface area contributed by atoms with Crippen LogP contribution in [0.4, 0.5) is 17.1 Å². The van der Waals surface area contributed by atoms with Gasteiger partial charge >= 0.3 is 5.97 Å². The number of fused-ring (bicyclic) bond motifs is 1. The van der Waals surface area contributed by atoms with E-state index < -0.39 is 5.97 Å². The van der Waals surface area contributed by atoms with Gasteiger partial charge in [0.25, 0.3) is 5.91 Å². The molecule has 0 fully saturated rings. The van der Waals surface area contributed by atoms with Crippen molar-refractivity contribution in [3.63, 3.8) is 0 Å². The third-order valence-electron chi connectivity index (χ3n) is 5.42. The first-order valence-corrected chi connectivity index (χ1v) is 11.0. The second-order valence-electron chi connectivity index (χ2n) is 8.28. The Bertz CT molecular complexity index is 1310. The zero-order valence-corrected chi connectivity index (χ0v) is 19.6. The van der Waals surface area contributed by atoms with E-state index in [4.69, 9.17) is 4.74 Å². The number of ether oxygens (including phenoxy) is 1. The summed E-state index contributed by atoms with van der Waals surface area (Å²) < 4.78 is 6.99. The first-order valence-electron chi connectivity index (χ1n) is 11.0. The van der Waals surface area contributed by atoms with Crippen LogP contribution in [0, 0.1) is 6.92 Å². The van der Waals surface area contributed by atoms with Gasteiger partial charge in [-0.05, 0) is 63.2 Å². The normalized spacial score (nSPS) is 11.0. The third kappa shape index (κ3) is 4.91. The van der Waals surface area contributed by atoms with Crippen LogP contribution in [0.1, 0.15) is 29.9 Å². The van der Waals surface area contributed by atoms with Crippen LogP contribution in [0.15, 0.2) is 66.9 Å². The predicted molar refractivity (Wildman–Crippen MR) is 132 cm³/mol. The van der Waals surface area contributed by atoms with Gasteiger partial charge < -0.3 is 15.0 Å². The van der Waals surface area contributed by atoms with Crippen molar-refractivity contribution < 1.29 is 14.3 Å². The van der Waals surface area contributed by atoms with Gasteiger partial charge in [-0.1, -0.05) is 18.2 Å². The average molecular weight is 458 g/mol. The molecule has 0 saturated carbocycles. The summed E-state index contributed by atoms with van der Waals surface area (Å²) >= 11 is 0. The highest BCUT2D eigenvalue weighted by atomic mass is 16.5.